The third-order valence-electron chi connectivity index (χ3n) is 6.26. The number of likely N-dealkylation sites (N-methyl/N-ethyl adjacent to an activating group) is 1. The normalized spacial score (nSPS) is 21.6. The number of carbonyl (C=O) groups excluding carboxylic acids is 2. The minimum Gasteiger partial charge on any atom is -0.503 e. The van der Waals surface area contributed by atoms with E-state index in [9.17, 15) is 23.9 Å². The van der Waals surface area contributed by atoms with Crippen LogP contribution in [0.25, 0.3) is 0 Å². The maximum atomic E-state index is 14.1. The van der Waals surface area contributed by atoms with Gasteiger partial charge in [-0.15, -0.1) is 0 Å². The lowest BCUT2D eigenvalue weighted by atomic mass is 9.72. The summed E-state index contributed by atoms with van der Waals surface area (Å²) in [5.41, 5.74) is -1.85. The Morgan fingerprint density at radius 2 is 2.09 bits per heavy atom. The highest BCUT2D eigenvalue weighted by Gasteiger charge is 2.52. The molecule has 176 valence electrons. The molecular weight excluding hydrogens is 453 g/mol. The monoisotopic (exact) mass is 477 g/mol. The zero-order valence-electron chi connectivity index (χ0n) is 18.4. The summed E-state index contributed by atoms with van der Waals surface area (Å²) in [6.07, 6.45) is 3.35. The quantitative estimate of drug-likeness (QED) is 0.666. The van der Waals surface area contributed by atoms with E-state index in [2.05, 4.69) is 5.32 Å². The molecule has 0 saturated heterocycles. The molecule has 1 aromatic carbocycles. The molecule has 1 spiro atoms. The molecule has 33 heavy (non-hydrogen) atoms. The lowest BCUT2D eigenvalue weighted by molar-refractivity contribution is -0.0859. The van der Waals surface area contributed by atoms with E-state index in [0.717, 1.165) is 6.42 Å². The Balaban J connectivity index is 1.66. The van der Waals surface area contributed by atoms with Crippen LogP contribution >= 0.6 is 11.6 Å². The van der Waals surface area contributed by atoms with Crippen LogP contribution in [0.4, 0.5) is 4.39 Å². The van der Waals surface area contributed by atoms with Crippen molar-refractivity contribution in [2.45, 2.75) is 44.4 Å². The number of fused-ring (bicyclic) bond motifs is 2. The van der Waals surface area contributed by atoms with E-state index >= 15 is 0 Å². The standard InChI is InChI=1S/C23H25ClFN3O5/c1-3-7-33-14-8-23(9-14)12-27(2)22(32)18-20(30)19(29)15(11-28(18)23)21(31)26-10-13-5-4-6-16(24)17(13)25/h4-6,11,14,30H,3,7-10,12H2,1-2H3,(H,26,31)/t14-,23+. The fourth-order valence-electron chi connectivity index (χ4n) is 4.58. The third kappa shape index (κ3) is 4.00. The van der Waals surface area contributed by atoms with Crippen LogP contribution < -0.4 is 10.7 Å². The Hall–Kier alpha value is -2.91. The molecule has 2 N–H and O–H groups in total. The second kappa shape index (κ2) is 8.79. The number of rotatable bonds is 6. The Morgan fingerprint density at radius 1 is 1.36 bits per heavy atom. The number of halogens is 2. The fourth-order valence-corrected chi connectivity index (χ4v) is 4.78. The van der Waals surface area contributed by atoms with Gasteiger partial charge in [0, 0.05) is 38.5 Å². The topological polar surface area (TPSA) is 101 Å². The molecule has 0 atom stereocenters. The van der Waals surface area contributed by atoms with Gasteiger partial charge in [0.2, 0.25) is 5.43 Å². The molecule has 4 rings (SSSR count). The van der Waals surface area contributed by atoms with Crippen LogP contribution in [0.5, 0.6) is 5.75 Å². The number of amides is 2. The van der Waals surface area contributed by atoms with E-state index in [-0.39, 0.29) is 34.5 Å². The van der Waals surface area contributed by atoms with E-state index in [0.29, 0.717) is 26.0 Å². The van der Waals surface area contributed by atoms with Crippen LogP contribution in [0.2, 0.25) is 5.02 Å². The Morgan fingerprint density at radius 3 is 2.79 bits per heavy atom. The second-order valence-electron chi connectivity index (χ2n) is 8.62. The molecule has 10 heteroatoms. The smallest absolute Gasteiger partial charge is 0.274 e. The van der Waals surface area contributed by atoms with Crippen LogP contribution in [-0.4, -0.2) is 52.7 Å². The van der Waals surface area contributed by atoms with Crippen molar-refractivity contribution in [1.29, 1.82) is 0 Å². The third-order valence-corrected chi connectivity index (χ3v) is 6.56. The molecule has 1 aliphatic carbocycles. The van der Waals surface area contributed by atoms with Crippen molar-refractivity contribution in [1.82, 2.24) is 14.8 Å². The first kappa shape index (κ1) is 23.3. The first-order valence-electron chi connectivity index (χ1n) is 10.8. The summed E-state index contributed by atoms with van der Waals surface area (Å²) in [6, 6.07) is 4.40. The molecule has 8 nitrogen and oxygen atoms in total. The molecule has 2 amide bonds. The first-order chi connectivity index (χ1) is 15.7. The van der Waals surface area contributed by atoms with Gasteiger partial charge in [0.05, 0.1) is 16.7 Å². The zero-order valence-corrected chi connectivity index (χ0v) is 19.1. The van der Waals surface area contributed by atoms with Gasteiger partial charge >= 0.3 is 0 Å². The van der Waals surface area contributed by atoms with Crippen molar-refractivity contribution < 1.29 is 23.8 Å². The number of nitrogens with one attached hydrogen (secondary N) is 1. The molecule has 1 aliphatic heterocycles. The predicted octanol–water partition coefficient (Wildman–Crippen LogP) is 2.65. The first-order valence-corrected chi connectivity index (χ1v) is 11.1. The van der Waals surface area contributed by atoms with Gasteiger partial charge in [-0.05, 0) is 25.3 Å². The Kier molecular flexibility index (Phi) is 6.20. The summed E-state index contributed by atoms with van der Waals surface area (Å²) in [5, 5.41) is 13.0. The molecule has 2 heterocycles. The number of carbonyl (C=O) groups is 2. The van der Waals surface area contributed by atoms with Crippen molar-refractivity contribution in [2.24, 2.45) is 0 Å². The number of hydrogen-bond donors (Lipinski definition) is 2. The number of ether oxygens (including phenoxy) is 1. The number of aromatic nitrogens is 1. The fraction of sp³-hybridized carbons (Fsp3) is 0.435. The summed E-state index contributed by atoms with van der Waals surface area (Å²) in [4.78, 5) is 39.8. The Labute approximate surface area is 194 Å². The van der Waals surface area contributed by atoms with Crippen molar-refractivity contribution in [2.75, 3.05) is 20.2 Å². The second-order valence-corrected chi connectivity index (χ2v) is 9.03. The number of nitrogens with zero attached hydrogens (tertiary/aromatic N) is 2. The average Bonchev–Trinajstić information content (AvgIpc) is 2.76. The van der Waals surface area contributed by atoms with Crippen molar-refractivity contribution >= 4 is 23.4 Å². The molecule has 1 saturated carbocycles. The van der Waals surface area contributed by atoms with Gasteiger partial charge in [0.25, 0.3) is 11.8 Å². The number of aromatic hydroxyl groups is 1. The molecule has 0 bridgehead atoms. The lowest BCUT2D eigenvalue weighted by Crippen LogP contribution is -2.61. The minimum absolute atomic E-state index is 0.0101. The van der Waals surface area contributed by atoms with E-state index < -0.39 is 34.3 Å². The van der Waals surface area contributed by atoms with E-state index in [1.165, 1.54) is 23.2 Å². The SMILES string of the molecule is CCCO[C@H]1C[C@]2(CN(C)C(=O)c3c(O)c(=O)c(C(=O)NCc4cccc(Cl)c4F)cn32)C1. The van der Waals surface area contributed by atoms with E-state index in [1.807, 2.05) is 6.92 Å². The van der Waals surface area contributed by atoms with Crippen LogP contribution in [-0.2, 0) is 16.8 Å². The van der Waals surface area contributed by atoms with Crippen molar-refractivity contribution in [3.8, 4) is 5.75 Å². The average molecular weight is 478 g/mol. The highest BCUT2D eigenvalue weighted by Crippen LogP contribution is 2.45. The van der Waals surface area contributed by atoms with E-state index in [4.69, 9.17) is 16.3 Å². The van der Waals surface area contributed by atoms with E-state index in [1.54, 1.807) is 17.7 Å². The highest BCUT2D eigenvalue weighted by molar-refractivity contribution is 6.30. The molecule has 0 radical (unpaired) electrons. The summed E-state index contributed by atoms with van der Waals surface area (Å²) in [6.45, 7) is 2.79. The van der Waals surface area contributed by atoms with Crippen molar-refractivity contribution in [3.63, 3.8) is 0 Å². The largest absolute Gasteiger partial charge is 0.503 e. The zero-order chi connectivity index (χ0) is 23.9. The summed E-state index contributed by atoms with van der Waals surface area (Å²) in [5.74, 6) is -2.72. The maximum Gasteiger partial charge on any atom is 0.274 e. The van der Waals surface area contributed by atoms with Gasteiger partial charge in [-0.2, -0.15) is 0 Å². The predicted molar refractivity (Wildman–Crippen MR) is 119 cm³/mol. The number of pyridine rings is 1. The van der Waals surface area contributed by atoms with Crippen LogP contribution in [0.1, 0.15) is 52.6 Å². The van der Waals surface area contributed by atoms with Crippen molar-refractivity contribution in [3.05, 3.63) is 62.3 Å². The van der Waals surface area contributed by atoms with Gasteiger partial charge < -0.3 is 24.6 Å². The van der Waals surface area contributed by atoms with Gasteiger partial charge in [-0.3, -0.25) is 14.4 Å². The van der Waals surface area contributed by atoms with Crippen LogP contribution in [0.3, 0.4) is 0 Å². The van der Waals surface area contributed by atoms with Crippen LogP contribution in [0.15, 0.2) is 29.2 Å². The summed E-state index contributed by atoms with van der Waals surface area (Å²) >= 11 is 5.77. The Bertz CT molecular complexity index is 1180. The molecule has 2 aliphatic rings. The summed E-state index contributed by atoms with van der Waals surface area (Å²) < 4.78 is 21.5. The van der Waals surface area contributed by atoms with Gasteiger partial charge in [0.15, 0.2) is 11.4 Å². The molecule has 0 unspecified atom stereocenters. The lowest BCUT2D eigenvalue weighted by Gasteiger charge is -2.53. The highest BCUT2D eigenvalue weighted by atomic mass is 35.5. The number of hydrogen-bond acceptors (Lipinski definition) is 5. The number of benzene rings is 1. The maximum absolute atomic E-state index is 14.1. The summed E-state index contributed by atoms with van der Waals surface area (Å²) in [7, 11) is 1.61. The van der Waals surface area contributed by atoms with Gasteiger partial charge in [-0.1, -0.05) is 30.7 Å². The molecule has 1 aromatic heterocycles. The molecular formula is C23H25ClFN3O5. The minimum atomic E-state index is -0.956. The van der Waals surface area contributed by atoms with Crippen LogP contribution in [0, 0.1) is 5.82 Å². The molecule has 1 fully saturated rings. The molecule has 2 aromatic rings. The van der Waals surface area contributed by atoms with Gasteiger partial charge in [0.1, 0.15) is 11.4 Å². The van der Waals surface area contributed by atoms with Gasteiger partial charge in [-0.25, -0.2) is 4.39 Å².